The Hall–Kier alpha value is -1.85. The Morgan fingerprint density at radius 1 is 1.21 bits per heavy atom. The molecule has 1 saturated heterocycles. The van der Waals surface area contributed by atoms with E-state index in [1.54, 1.807) is 6.07 Å². The molecule has 0 spiro atoms. The molecule has 0 saturated carbocycles. The van der Waals surface area contributed by atoms with Crippen molar-refractivity contribution < 1.29 is 28.9 Å². The maximum absolute atomic E-state index is 15.5. The van der Waals surface area contributed by atoms with Crippen molar-refractivity contribution in [2.75, 3.05) is 19.8 Å². The van der Waals surface area contributed by atoms with E-state index in [0.717, 1.165) is 6.07 Å². The van der Waals surface area contributed by atoms with Crippen molar-refractivity contribution in [1.29, 1.82) is 0 Å². The van der Waals surface area contributed by atoms with Crippen LogP contribution in [0.4, 0.5) is 8.78 Å². The first-order valence-corrected chi connectivity index (χ1v) is 13.5. The molecular weight excluding hydrogens is 539 g/mol. The maximum Gasteiger partial charge on any atom is 0.237 e. The van der Waals surface area contributed by atoms with E-state index in [0.29, 0.717) is 19.3 Å². The molecule has 0 aromatic heterocycles. The number of hydrogen-bond donors (Lipinski definition) is 6. The highest BCUT2D eigenvalue weighted by Crippen LogP contribution is 2.49. The highest BCUT2D eigenvalue weighted by Gasteiger charge is 2.58. The van der Waals surface area contributed by atoms with Crippen LogP contribution in [0.15, 0.2) is 36.4 Å². The van der Waals surface area contributed by atoms with Crippen LogP contribution in [0.3, 0.4) is 0 Å². The van der Waals surface area contributed by atoms with Crippen molar-refractivity contribution in [1.82, 2.24) is 10.6 Å². The van der Waals surface area contributed by atoms with Crippen LogP contribution in [0.1, 0.15) is 49.7 Å². The summed E-state index contributed by atoms with van der Waals surface area (Å²) in [4.78, 5) is 13.5. The summed E-state index contributed by atoms with van der Waals surface area (Å²) in [6.07, 6.45) is 0.634. The number of halogens is 4. The van der Waals surface area contributed by atoms with Gasteiger partial charge in [-0.15, -0.1) is 0 Å². The van der Waals surface area contributed by atoms with Gasteiger partial charge in [-0.25, -0.2) is 8.78 Å². The molecule has 0 radical (unpaired) electrons. The molecule has 2 aromatic carbocycles. The lowest BCUT2D eigenvalue weighted by atomic mass is 9.69. The number of carbonyl (C=O) groups excluding carboxylic acids is 1. The van der Waals surface area contributed by atoms with Crippen molar-refractivity contribution in [3.63, 3.8) is 0 Å². The molecule has 0 aliphatic carbocycles. The Bertz CT molecular complexity index is 1110. The summed E-state index contributed by atoms with van der Waals surface area (Å²) in [7, 11) is 0. The summed E-state index contributed by atoms with van der Waals surface area (Å²) in [5.74, 6) is -3.08. The molecule has 2 aromatic rings. The molecule has 11 heteroatoms. The van der Waals surface area contributed by atoms with Crippen molar-refractivity contribution in [2.45, 2.75) is 62.3 Å². The highest BCUT2D eigenvalue weighted by molar-refractivity contribution is 6.31. The van der Waals surface area contributed by atoms with Crippen LogP contribution in [0.25, 0.3) is 0 Å². The number of aliphatic hydroxyl groups is 3. The van der Waals surface area contributed by atoms with Crippen LogP contribution in [0.2, 0.25) is 10.0 Å². The normalized spacial score (nSPS) is 24.8. The van der Waals surface area contributed by atoms with Crippen molar-refractivity contribution in [3.8, 4) is 0 Å². The van der Waals surface area contributed by atoms with Gasteiger partial charge in [0, 0.05) is 35.7 Å². The summed E-state index contributed by atoms with van der Waals surface area (Å²) < 4.78 is 31.1. The Balaban J connectivity index is 2.16. The lowest BCUT2D eigenvalue weighted by Gasteiger charge is -2.39. The number of rotatable bonds is 12. The third-order valence-electron chi connectivity index (χ3n) is 7.47. The topological polar surface area (TPSA) is 128 Å². The molecule has 1 aliphatic rings. The fraction of sp³-hybridized carbons (Fsp3) is 0.519. The van der Waals surface area contributed by atoms with Crippen LogP contribution in [0.5, 0.6) is 0 Å². The minimum Gasteiger partial charge on any atom is -0.396 e. The summed E-state index contributed by atoms with van der Waals surface area (Å²) in [5.41, 5.74) is 5.62. The molecule has 1 heterocycles. The number of hydrogen-bond acceptors (Lipinski definition) is 6. The van der Waals surface area contributed by atoms with E-state index in [4.69, 9.17) is 34.0 Å². The van der Waals surface area contributed by atoms with Gasteiger partial charge in [-0.1, -0.05) is 54.7 Å². The van der Waals surface area contributed by atoms with Gasteiger partial charge in [0.1, 0.15) is 11.6 Å². The van der Waals surface area contributed by atoms with Gasteiger partial charge in [0.15, 0.2) is 0 Å². The maximum atomic E-state index is 15.5. The van der Waals surface area contributed by atoms with E-state index in [1.807, 2.05) is 6.92 Å². The summed E-state index contributed by atoms with van der Waals surface area (Å²) >= 11 is 12.1. The Morgan fingerprint density at radius 3 is 2.58 bits per heavy atom. The first-order chi connectivity index (χ1) is 18.1. The lowest BCUT2D eigenvalue weighted by Crippen LogP contribution is -2.52. The predicted octanol–water partition coefficient (Wildman–Crippen LogP) is 3.21. The molecule has 7 nitrogen and oxygen atoms in total. The van der Waals surface area contributed by atoms with Crippen LogP contribution >= 0.6 is 23.2 Å². The zero-order valence-electron chi connectivity index (χ0n) is 21.1. The van der Waals surface area contributed by atoms with Gasteiger partial charge in [0.05, 0.1) is 29.3 Å². The molecular formula is C27H35Cl2F2N3O4. The third-order valence-corrected chi connectivity index (χ3v) is 8.00. The number of benzene rings is 2. The van der Waals surface area contributed by atoms with E-state index in [9.17, 15) is 15.0 Å². The van der Waals surface area contributed by atoms with Crippen LogP contribution in [-0.2, 0) is 10.3 Å². The summed E-state index contributed by atoms with van der Waals surface area (Å²) in [6, 6.07) is 6.68. The summed E-state index contributed by atoms with van der Waals surface area (Å²) in [5, 5.41) is 34.3. The van der Waals surface area contributed by atoms with Gasteiger partial charge < -0.3 is 31.7 Å². The second kappa shape index (κ2) is 13.5. The summed E-state index contributed by atoms with van der Waals surface area (Å²) in [6.45, 7) is 1.49. The van der Waals surface area contributed by atoms with Gasteiger partial charge in [0.2, 0.25) is 5.91 Å². The quantitative estimate of drug-likeness (QED) is 0.231. The number of nitrogens with one attached hydrogen (secondary N) is 2. The number of aliphatic hydroxyl groups excluding tert-OH is 3. The molecule has 1 unspecified atom stereocenters. The Morgan fingerprint density at radius 2 is 1.95 bits per heavy atom. The SMILES string of the molecule is CCC(CCO)C[C@@H]1N[C@@H](C(=O)NCC[C@H](O)CO)[C@H](c2cccc(Cl)c2F)[C@@]1(N)c1ccc(Cl)cc1F. The van der Waals surface area contributed by atoms with E-state index in [-0.39, 0.29) is 46.7 Å². The second-order valence-corrected chi connectivity index (χ2v) is 10.7. The van der Waals surface area contributed by atoms with Crippen LogP contribution < -0.4 is 16.4 Å². The second-order valence-electron chi connectivity index (χ2n) is 9.81. The highest BCUT2D eigenvalue weighted by atomic mass is 35.5. The standard InChI is InChI=1S/C27H35Cl2F2N3O4/c1-2-15(9-11-35)12-22-27(32,19-7-6-16(28)13-21(19)30)23(18-4-3-5-20(29)24(18)31)25(34-22)26(38)33-10-8-17(37)14-36/h3-7,13,15,17,22-23,25,34-37H,2,8-12,14,32H2,1H3,(H,33,38)/t15?,17-,22-,23-,25+,27+/m0/s1. The van der Waals surface area contributed by atoms with Crippen molar-refractivity contribution in [3.05, 3.63) is 69.2 Å². The predicted molar refractivity (Wildman–Crippen MR) is 143 cm³/mol. The van der Waals surface area contributed by atoms with Gasteiger partial charge in [0.25, 0.3) is 0 Å². The van der Waals surface area contributed by atoms with E-state index in [2.05, 4.69) is 10.6 Å². The molecule has 38 heavy (non-hydrogen) atoms. The third kappa shape index (κ3) is 6.47. The number of amides is 1. The molecule has 7 N–H and O–H groups in total. The fourth-order valence-corrected chi connectivity index (χ4v) is 5.74. The minimum absolute atomic E-state index is 0.0119. The molecule has 1 aliphatic heterocycles. The van der Waals surface area contributed by atoms with E-state index < -0.39 is 53.8 Å². The average molecular weight is 574 g/mol. The molecule has 1 amide bonds. The average Bonchev–Trinajstić information content (AvgIpc) is 3.17. The van der Waals surface area contributed by atoms with Gasteiger partial charge >= 0.3 is 0 Å². The Kier molecular flexibility index (Phi) is 10.9. The van der Waals surface area contributed by atoms with Crippen molar-refractivity contribution >= 4 is 29.1 Å². The number of carbonyl (C=O) groups is 1. The van der Waals surface area contributed by atoms with Crippen LogP contribution in [-0.4, -0.2) is 59.2 Å². The fourth-order valence-electron chi connectivity index (χ4n) is 5.39. The lowest BCUT2D eigenvalue weighted by molar-refractivity contribution is -0.123. The first kappa shape index (κ1) is 30.7. The number of nitrogens with two attached hydrogens (primary N) is 1. The van der Waals surface area contributed by atoms with Gasteiger partial charge in [-0.2, -0.15) is 0 Å². The molecule has 210 valence electrons. The first-order valence-electron chi connectivity index (χ1n) is 12.7. The zero-order valence-corrected chi connectivity index (χ0v) is 22.7. The molecule has 6 atom stereocenters. The van der Waals surface area contributed by atoms with Crippen LogP contribution in [0, 0.1) is 17.6 Å². The monoisotopic (exact) mass is 573 g/mol. The van der Waals surface area contributed by atoms with Crippen molar-refractivity contribution in [2.24, 2.45) is 11.7 Å². The van der Waals surface area contributed by atoms with Gasteiger partial charge in [-0.05, 0) is 48.9 Å². The molecule has 1 fully saturated rings. The largest absolute Gasteiger partial charge is 0.396 e. The Labute approximate surface area is 231 Å². The smallest absolute Gasteiger partial charge is 0.237 e. The zero-order chi connectivity index (χ0) is 28.0. The molecule has 3 rings (SSSR count). The van der Waals surface area contributed by atoms with Gasteiger partial charge in [-0.3, -0.25) is 4.79 Å². The van der Waals surface area contributed by atoms with E-state index >= 15 is 8.78 Å². The van der Waals surface area contributed by atoms with E-state index in [1.165, 1.54) is 24.3 Å². The minimum atomic E-state index is -1.62. The molecule has 0 bridgehead atoms.